The van der Waals surface area contributed by atoms with Gasteiger partial charge >= 0.3 is 5.69 Å². The first-order valence-electron chi connectivity index (χ1n) is 5.27. The normalized spacial score (nSPS) is 8.81. The highest BCUT2D eigenvalue weighted by Gasteiger charge is 2.08. The monoisotopic (exact) mass is 227 g/mol. The Kier molecular flexibility index (Phi) is 5.84. The zero-order valence-electron chi connectivity index (χ0n) is 10.2. The van der Waals surface area contributed by atoms with Crippen LogP contribution in [0, 0.1) is 6.92 Å². The second-order valence-corrected chi connectivity index (χ2v) is 2.37. The maximum absolute atomic E-state index is 11.1. The molecule has 0 unspecified atom stereocenters. The van der Waals surface area contributed by atoms with Crippen LogP contribution in [0.25, 0.3) is 11.0 Å². The Balaban J connectivity index is 0.000000509. The number of H-pyrrole nitrogens is 2. The number of hydrogen-bond donors (Lipinski definition) is 2. The number of rotatable bonds is 0. The van der Waals surface area contributed by atoms with Crippen molar-refractivity contribution in [3.8, 4) is 0 Å². The van der Waals surface area contributed by atoms with Gasteiger partial charge in [-0.25, -0.2) is 4.79 Å². The third-order valence-corrected chi connectivity index (χ3v) is 1.55. The van der Waals surface area contributed by atoms with Crippen LogP contribution >= 0.6 is 0 Å². The van der Waals surface area contributed by atoms with E-state index in [-0.39, 0.29) is 11.0 Å². The molecule has 0 aliphatic carbocycles. The van der Waals surface area contributed by atoms with Crippen molar-refractivity contribution in [2.75, 3.05) is 0 Å². The third-order valence-electron chi connectivity index (χ3n) is 1.55. The average Bonchev–Trinajstić information content (AvgIpc) is 2.66. The fourth-order valence-corrected chi connectivity index (χ4v) is 1.03. The van der Waals surface area contributed by atoms with Crippen molar-refractivity contribution in [1.82, 2.24) is 15.1 Å². The Morgan fingerprint density at radius 3 is 2.19 bits per heavy atom. The van der Waals surface area contributed by atoms with Crippen molar-refractivity contribution in [2.45, 2.75) is 34.6 Å². The van der Waals surface area contributed by atoms with Crippen LogP contribution in [-0.2, 0) is 0 Å². The summed E-state index contributed by atoms with van der Waals surface area (Å²) in [7, 11) is 0. The Bertz CT molecular complexity index is 536. The van der Waals surface area contributed by atoms with Crippen LogP contribution in [-0.4, -0.2) is 15.1 Å². The molecule has 0 aliphatic heterocycles. The lowest BCUT2D eigenvalue weighted by Crippen LogP contribution is -2.21. The molecule has 90 valence electrons. The number of aromatic amines is 2. The average molecular weight is 227 g/mol. The van der Waals surface area contributed by atoms with Crippen LogP contribution in [0.1, 0.15) is 33.5 Å². The molecule has 2 N–H and O–H groups in total. The lowest BCUT2D eigenvalue weighted by Gasteiger charge is -1.83. The van der Waals surface area contributed by atoms with Gasteiger partial charge in [-0.15, -0.1) is 0 Å². The van der Waals surface area contributed by atoms with Crippen LogP contribution in [0.5, 0.6) is 0 Å². The molecule has 6 heteroatoms. The van der Waals surface area contributed by atoms with E-state index in [0.717, 1.165) is 0 Å². The van der Waals surface area contributed by atoms with Crippen molar-refractivity contribution in [3.63, 3.8) is 0 Å². The Hall–Kier alpha value is -1.85. The van der Waals surface area contributed by atoms with Crippen molar-refractivity contribution in [1.29, 1.82) is 0 Å². The van der Waals surface area contributed by atoms with Crippen LogP contribution < -0.4 is 11.2 Å². The summed E-state index contributed by atoms with van der Waals surface area (Å²) < 4.78 is 4.71. The van der Waals surface area contributed by atoms with Gasteiger partial charge in [0.25, 0.3) is 5.56 Å². The molecule has 0 bridgehead atoms. The molecule has 0 aromatic carbocycles. The molecular formula is C10H17N3O3. The van der Waals surface area contributed by atoms with Crippen LogP contribution in [0.4, 0.5) is 0 Å². The quantitative estimate of drug-likeness (QED) is 0.714. The SMILES string of the molecule is CC.CC.Cc1onc2[nH]c(=O)[nH]c(=O)c12. The van der Waals surface area contributed by atoms with Gasteiger partial charge in [-0.05, 0) is 6.92 Å². The minimum atomic E-state index is -0.583. The zero-order chi connectivity index (χ0) is 12.7. The highest BCUT2D eigenvalue weighted by atomic mass is 16.5. The maximum Gasteiger partial charge on any atom is 0.327 e. The van der Waals surface area contributed by atoms with E-state index in [1.165, 1.54) is 0 Å². The second kappa shape index (κ2) is 6.60. The maximum atomic E-state index is 11.1. The largest absolute Gasteiger partial charge is 0.359 e. The van der Waals surface area contributed by atoms with E-state index in [0.29, 0.717) is 5.76 Å². The van der Waals surface area contributed by atoms with Gasteiger partial charge in [0.15, 0.2) is 5.65 Å². The van der Waals surface area contributed by atoms with Gasteiger partial charge in [-0.3, -0.25) is 14.8 Å². The Morgan fingerprint density at radius 1 is 1.06 bits per heavy atom. The summed E-state index contributed by atoms with van der Waals surface area (Å²) in [5, 5.41) is 3.78. The van der Waals surface area contributed by atoms with Gasteiger partial charge in [0.2, 0.25) is 0 Å². The highest BCUT2D eigenvalue weighted by Crippen LogP contribution is 2.06. The standard InChI is InChI=1S/C6H5N3O3.2C2H6/c1-2-3-4(9-12-2)7-6(11)8-5(3)10;2*1-2/h1H3,(H2,7,8,9,10,11);2*1-2H3. The topological polar surface area (TPSA) is 91.8 Å². The first-order chi connectivity index (χ1) is 7.68. The molecule has 6 nitrogen and oxygen atoms in total. The Morgan fingerprint density at radius 2 is 1.62 bits per heavy atom. The highest BCUT2D eigenvalue weighted by molar-refractivity contribution is 5.74. The lowest BCUT2D eigenvalue weighted by molar-refractivity contribution is 0.404. The molecule has 0 fully saturated rings. The van der Waals surface area contributed by atoms with Gasteiger partial charge in [-0.2, -0.15) is 0 Å². The van der Waals surface area contributed by atoms with Crippen molar-refractivity contribution < 1.29 is 4.52 Å². The molecule has 0 spiro atoms. The van der Waals surface area contributed by atoms with E-state index in [9.17, 15) is 9.59 Å². The molecule has 0 atom stereocenters. The molecule has 2 rings (SSSR count). The van der Waals surface area contributed by atoms with E-state index in [1.807, 2.05) is 27.7 Å². The van der Waals surface area contributed by atoms with Gasteiger partial charge in [0, 0.05) is 0 Å². The molecule has 0 saturated carbocycles. The molecule has 0 aliphatic rings. The summed E-state index contributed by atoms with van der Waals surface area (Å²) in [6.45, 7) is 9.60. The number of nitrogens with one attached hydrogen (secondary N) is 2. The number of nitrogens with zero attached hydrogens (tertiary/aromatic N) is 1. The molecule has 2 aromatic heterocycles. The van der Waals surface area contributed by atoms with Crippen LogP contribution in [0.2, 0.25) is 0 Å². The Labute approximate surface area is 92.7 Å². The number of aromatic nitrogens is 3. The molecule has 2 aromatic rings. The first kappa shape index (κ1) is 14.2. The van der Waals surface area contributed by atoms with Gasteiger partial charge in [0.05, 0.1) is 0 Å². The van der Waals surface area contributed by atoms with Crippen molar-refractivity contribution in [3.05, 3.63) is 26.6 Å². The zero-order valence-corrected chi connectivity index (χ0v) is 10.2. The fraction of sp³-hybridized carbons (Fsp3) is 0.500. The predicted octanol–water partition coefficient (Wildman–Crippen LogP) is 1.57. The van der Waals surface area contributed by atoms with E-state index in [2.05, 4.69) is 15.1 Å². The lowest BCUT2D eigenvalue weighted by atomic mass is 10.3. The molecule has 2 heterocycles. The van der Waals surface area contributed by atoms with E-state index < -0.39 is 11.2 Å². The molecule has 0 saturated heterocycles. The summed E-state index contributed by atoms with van der Waals surface area (Å²) in [6.07, 6.45) is 0. The van der Waals surface area contributed by atoms with E-state index in [1.54, 1.807) is 6.92 Å². The van der Waals surface area contributed by atoms with E-state index in [4.69, 9.17) is 4.52 Å². The summed E-state index contributed by atoms with van der Waals surface area (Å²) in [4.78, 5) is 26.2. The summed E-state index contributed by atoms with van der Waals surface area (Å²) in [5.41, 5.74) is -0.880. The minimum absolute atomic E-state index is 0.182. The predicted molar refractivity (Wildman–Crippen MR) is 62.7 cm³/mol. The second-order valence-electron chi connectivity index (χ2n) is 2.37. The molecule has 0 radical (unpaired) electrons. The van der Waals surface area contributed by atoms with E-state index >= 15 is 0 Å². The van der Waals surface area contributed by atoms with Crippen molar-refractivity contribution in [2.24, 2.45) is 0 Å². The number of fused-ring (bicyclic) bond motifs is 1. The summed E-state index contributed by atoms with van der Waals surface area (Å²) in [5.74, 6) is 0.391. The summed E-state index contributed by atoms with van der Waals surface area (Å²) in [6, 6.07) is 0. The number of hydrogen-bond acceptors (Lipinski definition) is 4. The first-order valence-corrected chi connectivity index (χ1v) is 5.27. The smallest absolute Gasteiger partial charge is 0.327 e. The minimum Gasteiger partial charge on any atom is -0.359 e. The number of aryl methyl sites for hydroxylation is 1. The van der Waals surface area contributed by atoms with Crippen LogP contribution in [0.3, 0.4) is 0 Å². The molecule has 0 amide bonds. The molecule has 16 heavy (non-hydrogen) atoms. The molecular weight excluding hydrogens is 210 g/mol. The van der Waals surface area contributed by atoms with Gasteiger partial charge < -0.3 is 4.52 Å². The van der Waals surface area contributed by atoms with Crippen LogP contribution in [0.15, 0.2) is 14.1 Å². The van der Waals surface area contributed by atoms with Crippen molar-refractivity contribution >= 4 is 11.0 Å². The van der Waals surface area contributed by atoms with Gasteiger partial charge in [-0.1, -0.05) is 32.9 Å². The summed E-state index contributed by atoms with van der Waals surface area (Å²) >= 11 is 0. The third kappa shape index (κ3) is 2.82. The fourth-order valence-electron chi connectivity index (χ4n) is 1.03. The van der Waals surface area contributed by atoms with Gasteiger partial charge in [0.1, 0.15) is 11.1 Å².